The highest BCUT2D eigenvalue weighted by Crippen LogP contribution is 2.20. The number of carbonyl (C=O) groups excluding carboxylic acids is 2. The molecule has 1 aromatic rings. The Morgan fingerprint density at radius 1 is 1.21 bits per heavy atom. The van der Waals surface area contributed by atoms with E-state index in [1.54, 1.807) is 0 Å². The van der Waals surface area contributed by atoms with Gasteiger partial charge in [0.15, 0.2) is 0 Å². The van der Waals surface area contributed by atoms with Crippen LogP contribution in [-0.4, -0.2) is 36.3 Å². The summed E-state index contributed by atoms with van der Waals surface area (Å²) >= 11 is 0. The van der Waals surface area contributed by atoms with Gasteiger partial charge in [0.25, 0.3) is 5.91 Å². The van der Waals surface area contributed by atoms with Gasteiger partial charge in [-0.3, -0.25) is 9.59 Å². The number of amides is 2. The van der Waals surface area contributed by atoms with Crippen molar-refractivity contribution in [3.8, 4) is 0 Å². The molecule has 0 unspecified atom stereocenters. The highest BCUT2D eigenvalue weighted by molar-refractivity contribution is 5.94. The molecular formula is C18H24F2N2O2. The molecule has 0 aromatic heterocycles. The lowest BCUT2D eigenvalue weighted by molar-refractivity contribution is -0.126. The lowest BCUT2D eigenvalue weighted by atomic mass is 9.95. The van der Waals surface area contributed by atoms with Crippen LogP contribution in [0, 0.1) is 17.6 Å². The van der Waals surface area contributed by atoms with Crippen LogP contribution in [0.2, 0.25) is 0 Å². The molecule has 1 N–H and O–H groups in total. The SMILES string of the molecule is CCCCCNC(=O)C1CCN(C(=O)c2ccc(F)cc2F)CC1. The van der Waals surface area contributed by atoms with Crippen LogP contribution in [0.15, 0.2) is 18.2 Å². The molecule has 6 heteroatoms. The van der Waals surface area contributed by atoms with Gasteiger partial charge < -0.3 is 10.2 Å². The second-order valence-corrected chi connectivity index (χ2v) is 6.19. The van der Waals surface area contributed by atoms with Crippen LogP contribution >= 0.6 is 0 Å². The summed E-state index contributed by atoms with van der Waals surface area (Å²) in [5.41, 5.74) is -0.126. The third-order valence-corrected chi connectivity index (χ3v) is 4.39. The van der Waals surface area contributed by atoms with E-state index in [1.807, 2.05) is 0 Å². The van der Waals surface area contributed by atoms with Crippen molar-refractivity contribution in [2.45, 2.75) is 39.0 Å². The molecule has 2 amide bonds. The Bertz CT molecular complexity index is 584. The van der Waals surface area contributed by atoms with Gasteiger partial charge in [-0.2, -0.15) is 0 Å². The van der Waals surface area contributed by atoms with Gasteiger partial charge in [0.05, 0.1) is 5.56 Å². The van der Waals surface area contributed by atoms with E-state index in [0.29, 0.717) is 38.5 Å². The van der Waals surface area contributed by atoms with E-state index in [1.165, 1.54) is 11.0 Å². The molecular weight excluding hydrogens is 314 g/mol. The molecule has 0 aliphatic carbocycles. The van der Waals surface area contributed by atoms with Gasteiger partial charge in [-0.25, -0.2) is 8.78 Å². The third-order valence-electron chi connectivity index (χ3n) is 4.39. The minimum Gasteiger partial charge on any atom is -0.356 e. The lowest BCUT2D eigenvalue weighted by Gasteiger charge is -2.31. The number of nitrogens with zero attached hydrogens (tertiary/aromatic N) is 1. The van der Waals surface area contributed by atoms with E-state index in [2.05, 4.69) is 12.2 Å². The van der Waals surface area contributed by atoms with Crippen molar-refractivity contribution in [3.63, 3.8) is 0 Å². The van der Waals surface area contributed by atoms with Crippen molar-refractivity contribution >= 4 is 11.8 Å². The first-order chi connectivity index (χ1) is 11.5. The number of piperidine rings is 1. The molecule has 2 rings (SSSR count). The van der Waals surface area contributed by atoms with Crippen LogP contribution in [0.3, 0.4) is 0 Å². The van der Waals surface area contributed by atoms with Crippen LogP contribution < -0.4 is 5.32 Å². The van der Waals surface area contributed by atoms with E-state index in [9.17, 15) is 18.4 Å². The molecule has 1 aliphatic rings. The summed E-state index contributed by atoms with van der Waals surface area (Å²) in [7, 11) is 0. The number of halogens is 2. The van der Waals surface area contributed by atoms with Crippen molar-refractivity contribution in [1.82, 2.24) is 10.2 Å². The summed E-state index contributed by atoms with van der Waals surface area (Å²) < 4.78 is 26.6. The molecule has 1 aromatic carbocycles. The molecule has 24 heavy (non-hydrogen) atoms. The predicted molar refractivity (Wildman–Crippen MR) is 87.5 cm³/mol. The predicted octanol–water partition coefficient (Wildman–Crippen LogP) is 3.12. The van der Waals surface area contributed by atoms with Crippen molar-refractivity contribution in [2.24, 2.45) is 5.92 Å². The topological polar surface area (TPSA) is 49.4 Å². The fourth-order valence-electron chi connectivity index (χ4n) is 2.91. The maximum absolute atomic E-state index is 13.7. The van der Waals surface area contributed by atoms with Gasteiger partial charge in [0, 0.05) is 31.6 Å². The number of benzene rings is 1. The van der Waals surface area contributed by atoms with Crippen molar-refractivity contribution in [1.29, 1.82) is 0 Å². The van der Waals surface area contributed by atoms with Gasteiger partial charge in [-0.1, -0.05) is 19.8 Å². The standard InChI is InChI=1S/C18H24F2N2O2/c1-2-3-4-9-21-17(23)13-7-10-22(11-8-13)18(24)15-6-5-14(19)12-16(15)20/h5-6,12-13H,2-4,7-11H2,1H3,(H,21,23). The number of hydrogen-bond acceptors (Lipinski definition) is 2. The Balaban J connectivity index is 1.83. The third kappa shape index (κ3) is 4.76. The number of likely N-dealkylation sites (tertiary alicyclic amines) is 1. The summed E-state index contributed by atoms with van der Waals surface area (Å²) in [4.78, 5) is 25.9. The molecule has 1 saturated heterocycles. The Hall–Kier alpha value is -1.98. The van der Waals surface area contributed by atoms with Crippen LogP contribution in [-0.2, 0) is 4.79 Å². The molecule has 0 atom stereocenters. The summed E-state index contributed by atoms with van der Waals surface area (Å²) in [6.07, 6.45) is 4.30. The number of hydrogen-bond donors (Lipinski definition) is 1. The normalized spacial score (nSPS) is 15.4. The molecule has 0 bridgehead atoms. The summed E-state index contributed by atoms with van der Waals surface area (Å²) in [5, 5.41) is 2.93. The van der Waals surface area contributed by atoms with Crippen molar-refractivity contribution in [3.05, 3.63) is 35.4 Å². The lowest BCUT2D eigenvalue weighted by Crippen LogP contribution is -2.43. The van der Waals surface area contributed by atoms with Gasteiger partial charge in [0.1, 0.15) is 11.6 Å². The largest absolute Gasteiger partial charge is 0.356 e. The zero-order valence-corrected chi connectivity index (χ0v) is 14.0. The monoisotopic (exact) mass is 338 g/mol. The smallest absolute Gasteiger partial charge is 0.256 e. The zero-order valence-electron chi connectivity index (χ0n) is 14.0. The molecule has 0 saturated carbocycles. The fraction of sp³-hybridized carbons (Fsp3) is 0.556. The summed E-state index contributed by atoms with van der Waals surface area (Å²) in [6, 6.07) is 2.95. The second kappa shape index (κ2) is 8.76. The van der Waals surface area contributed by atoms with E-state index in [0.717, 1.165) is 25.3 Å². The van der Waals surface area contributed by atoms with E-state index >= 15 is 0 Å². The Labute approximate surface area is 141 Å². The van der Waals surface area contributed by atoms with Crippen molar-refractivity contribution in [2.75, 3.05) is 19.6 Å². The van der Waals surface area contributed by atoms with Crippen molar-refractivity contribution < 1.29 is 18.4 Å². The molecule has 0 spiro atoms. The van der Waals surface area contributed by atoms with E-state index in [-0.39, 0.29) is 17.4 Å². The Morgan fingerprint density at radius 2 is 1.92 bits per heavy atom. The average molecular weight is 338 g/mol. The van der Waals surface area contributed by atoms with Gasteiger partial charge in [0.2, 0.25) is 5.91 Å². The number of carbonyl (C=O) groups is 2. The van der Waals surface area contributed by atoms with Crippen LogP contribution in [0.4, 0.5) is 8.78 Å². The molecule has 1 aliphatic heterocycles. The molecule has 1 fully saturated rings. The van der Waals surface area contributed by atoms with Crippen LogP contribution in [0.5, 0.6) is 0 Å². The fourth-order valence-corrected chi connectivity index (χ4v) is 2.91. The summed E-state index contributed by atoms with van der Waals surface area (Å²) in [5.74, 6) is -2.08. The second-order valence-electron chi connectivity index (χ2n) is 6.19. The van der Waals surface area contributed by atoms with E-state index < -0.39 is 17.5 Å². The quantitative estimate of drug-likeness (QED) is 0.810. The maximum atomic E-state index is 13.7. The number of nitrogens with one attached hydrogen (secondary N) is 1. The number of rotatable bonds is 6. The first kappa shape index (κ1) is 18.4. The first-order valence-electron chi connectivity index (χ1n) is 8.55. The van der Waals surface area contributed by atoms with Gasteiger partial charge >= 0.3 is 0 Å². The maximum Gasteiger partial charge on any atom is 0.256 e. The average Bonchev–Trinajstić information content (AvgIpc) is 2.58. The first-order valence-corrected chi connectivity index (χ1v) is 8.55. The zero-order chi connectivity index (χ0) is 17.5. The molecule has 132 valence electrons. The highest BCUT2D eigenvalue weighted by Gasteiger charge is 2.28. The molecule has 1 heterocycles. The highest BCUT2D eigenvalue weighted by atomic mass is 19.1. The summed E-state index contributed by atoms with van der Waals surface area (Å²) in [6.45, 7) is 3.61. The Morgan fingerprint density at radius 3 is 2.54 bits per heavy atom. The van der Waals surface area contributed by atoms with Crippen LogP contribution in [0.1, 0.15) is 49.4 Å². The van der Waals surface area contributed by atoms with Gasteiger partial charge in [-0.05, 0) is 31.4 Å². The van der Waals surface area contributed by atoms with E-state index in [4.69, 9.17) is 0 Å². The van der Waals surface area contributed by atoms with Gasteiger partial charge in [-0.15, -0.1) is 0 Å². The Kier molecular flexibility index (Phi) is 6.70. The van der Waals surface area contributed by atoms with Crippen LogP contribution in [0.25, 0.3) is 0 Å². The molecule has 4 nitrogen and oxygen atoms in total. The minimum atomic E-state index is -0.851. The molecule has 0 radical (unpaired) electrons. The number of unbranched alkanes of at least 4 members (excludes halogenated alkanes) is 2. The minimum absolute atomic E-state index is 0.0335.